The highest BCUT2D eigenvalue weighted by Gasteiger charge is 2.25. The summed E-state index contributed by atoms with van der Waals surface area (Å²) in [7, 11) is 0. The molecule has 8 heteroatoms. The number of ketones is 1. The number of phenols is 1. The molecule has 40 heavy (non-hydrogen) atoms. The van der Waals surface area contributed by atoms with Crippen LogP contribution in [0.15, 0.2) is 79.0 Å². The van der Waals surface area contributed by atoms with Gasteiger partial charge in [-0.3, -0.25) is 14.6 Å². The van der Waals surface area contributed by atoms with Crippen molar-refractivity contribution < 1.29 is 27.9 Å². The van der Waals surface area contributed by atoms with Crippen LogP contribution >= 0.6 is 0 Å². The van der Waals surface area contributed by atoms with E-state index in [-0.39, 0.29) is 36.4 Å². The number of aromatic nitrogens is 1. The van der Waals surface area contributed by atoms with Crippen LogP contribution in [0.3, 0.4) is 0 Å². The summed E-state index contributed by atoms with van der Waals surface area (Å²) in [6.07, 6.45) is 4.35. The molecule has 5 nitrogen and oxygen atoms in total. The van der Waals surface area contributed by atoms with Gasteiger partial charge >= 0.3 is 0 Å². The normalized spacial score (nSPS) is 13.0. The maximum Gasteiger partial charge on any atom is 0.251 e. The number of carbonyl (C=O) groups excluding carboxylic acids is 2. The zero-order valence-corrected chi connectivity index (χ0v) is 21.3. The van der Waals surface area contributed by atoms with Gasteiger partial charge in [-0.25, -0.2) is 13.2 Å². The highest BCUT2D eigenvalue weighted by atomic mass is 19.1. The molecule has 1 atom stereocenters. The number of carbonyl (C=O) groups is 2. The Morgan fingerprint density at radius 1 is 0.950 bits per heavy atom. The number of rotatable bonds is 9. The minimum absolute atomic E-state index is 0.00247. The highest BCUT2D eigenvalue weighted by molar-refractivity contribution is 5.95. The van der Waals surface area contributed by atoms with Gasteiger partial charge in [0.15, 0.2) is 0 Å². The van der Waals surface area contributed by atoms with Crippen LogP contribution in [0.25, 0.3) is 16.7 Å². The molecule has 0 bridgehead atoms. The second-order valence-corrected chi connectivity index (χ2v) is 9.87. The lowest BCUT2D eigenvalue weighted by Crippen LogP contribution is -2.14. The fourth-order valence-electron chi connectivity index (χ4n) is 5.26. The van der Waals surface area contributed by atoms with Gasteiger partial charge in [0.1, 0.15) is 29.0 Å². The number of hydrogen-bond donors (Lipinski definition) is 2. The molecule has 1 aromatic heterocycles. The number of primary amides is 1. The largest absolute Gasteiger partial charge is 0.508 e. The third-order valence-corrected chi connectivity index (χ3v) is 7.04. The minimum atomic E-state index is -0.928. The second kappa shape index (κ2) is 11.2. The predicted molar refractivity (Wildman–Crippen MR) is 145 cm³/mol. The molecule has 5 rings (SSSR count). The van der Waals surface area contributed by atoms with Crippen molar-refractivity contribution in [2.24, 2.45) is 5.73 Å². The van der Waals surface area contributed by atoms with E-state index in [1.165, 1.54) is 24.3 Å². The molecule has 0 fully saturated rings. The van der Waals surface area contributed by atoms with Gasteiger partial charge in [-0.2, -0.15) is 0 Å². The maximum absolute atomic E-state index is 14.2. The average Bonchev–Trinajstić information content (AvgIpc) is 3.29. The fourth-order valence-corrected chi connectivity index (χ4v) is 5.26. The van der Waals surface area contributed by atoms with E-state index in [0.717, 1.165) is 28.8 Å². The Bertz CT molecular complexity index is 1650. The summed E-state index contributed by atoms with van der Waals surface area (Å²) in [6.45, 7) is 0. The lowest BCUT2D eigenvalue weighted by Gasteiger charge is -2.20. The summed E-state index contributed by atoms with van der Waals surface area (Å²) in [5.41, 5.74) is 9.50. The zero-order valence-electron chi connectivity index (χ0n) is 21.3. The Morgan fingerprint density at radius 3 is 2.48 bits per heavy atom. The molecule has 0 spiro atoms. The first kappa shape index (κ1) is 26.9. The number of nitrogens with two attached hydrogens (primary N) is 1. The number of phenolic OH excluding ortho intramolecular Hbond substituents is 1. The van der Waals surface area contributed by atoms with E-state index in [1.54, 1.807) is 30.5 Å². The number of amides is 1. The minimum Gasteiger partial charge on any atom is -0.508 e. The number of allylic oxidation sites excluding steroid dienone is 2. The molecular weight excluding hydrogens is 517 g/mol. The number of aromatic hydroxyl groups is 1. The van der Waals surface area contributed by atoms with Gasteiger partial charge in [-0.05, 0) is 83.1 Å². The van der Waals surface area contributed by atoms with E-state index in [4.69, 9.17) is 5.73 Å². The molecule has 1 heterocycles. The van der Waals surface area contributed by atoms with E-state index in [9.17, 15) is 27.9 Å². The topological polar surface area (TPSA) is 93.3 Å². The number of hydrogen-bond acceptors (Lipinski definition) is 4. The Hall–Kier alpha value is -4.72. The monoisotopic (exact) mass is 542 g/mol. The zero-order chi connectivity index (χ0) is 28.4. The van der Waals surface area contributed by atoms with Crippen LogP contribution in [-0.4, -0.2) is 21.8 Å². The molecule has 1 amide bonds. The molecule has 202 valence electrons. The lowest BCUT2D eigenvalue weighted by molar-refractivity contribution is -0.118. The van der Waals surface area contributed by atoms with E-state index >= 15 is 0 Å². The van der Waals surface area contributed by atoms with Crippen molar-refractivity contribution in [3.8, 4) is 16.9 Å². The number of halogens is 3. The summed E-state index contributed by atoms with van der Waals surface area (Å²) in [4.78, 5) is 29.8. The van der Waals surface area contributed by atoms with Crippen molar-refractivity contribution in [2.45, 2.75) is 31.6 Å². The summed E-state index contributed by atoms with van der Waals surface area (Å²) >= 11 is 0. The van der Waals surface area contributed by atoms with E-state index in [0.29, 0.717) is 28.8 Å². The van der Waals surface area contributed by atoms with E-state index in [2.05, 4.69) is 4.98 Å². The quantitative estimate of drug-likeness (QED) is 0.260. The smallest absolute Gasteiger partial charge is 0.251 e. The van der Waals surface area contributed by atoms with Gasteiger partial charge in [0, 0.05) is 36.6 Å². The molecule has 1 aliphatic carbocycles. The van der Waals surface area contributed by atoms with Crippen molar-refractivity contribution in [3.63, 3.8) is 0 Å². The Kier molecular flexibility index (Phi) is 7.51. The predicted octanol–water partition coefficient (Wildman–Crippen LogP) is 6.29. The van der Waals surface area contributed by atoms with Crippen molar-refractivity contribution in [2.75, 3.05) is 0 Å². The summed E-state index contributed by atoms with van der Waals surface area (Å²) in [5, 5.41) is 9.93. The van der Waals surface area contributed by atoms with Gasteiger partial charge in [0.05, 0.1) is 11.3 Å². The third-order valence-electron chi connectivity index (χ3n) is 7.04. The lowest BCUT2D eigenvalue weighted by atomic mass is 9.85. The standard InChI is InChI=1S/C32H25F3N2O3/c33-23-11-18(12-24(34)16-23)10-22(14-26(39)13-20-4-3-19-5-7-25(38)17-28(19)20)31-27(2-1-9-37-31)21-6-8-30(35)29(15-21)32(36)40/h1-2,4-9,11-12,15-17,22,38H,3,10,13-14H2,(H2,36,40)/t22-/m1/s1. The first-order chi connectivity index (χ1) is 19.2. The fraction of sp³-hybridized carbons (Fsp3) is 0.156. The van der Waals surface area contributed by atoms with Crippen LogP contribution in [0.1, 0.15) is 51.5 Å². The molecule has 0 saturated heterocycles. The maximum atomic E-state index is 14.2. The molecule has 4 aromatic rings. The molecule has 0 radical (unpaired) electrons. The van der Waals surface area contributed by atoms with Crippen LogP contribution in [-0.2, 0) is 17.6 Å². The molecule has 3 N–H and O–H groups in total. The van der Waals surface area contributed by atoms with Crippen molar-refractivity contribution >= 4 is 17.3 Å². The third kappa shape index (κ3) is 5.81. The average molecular weight is 543 g/mol. The summed E-state index contributed by atoms with van der Waals surface area (Å²) in [5.74, 6) is -3.78. The number of nitrogens with zero attached hydrogens (tertiary/aromatic N) is 1. The SMILES string of the molecule is NC(=O)c1cc(-c2cccnc2[C@@H](CC(=O)CC2=CCc3ccc(O)cc32)Cc2cc(F)cc(F)c2)ccc1F. The van der Waals surface area contributed by atoms with E-state index < -0.39 is 29.3 Å². The Labute approximate surface area is 228 Å². The number of benzene rings is 3. The van der Waals surface area contributed by atoms with Gasteiger partial charge < -0.3 is 10.8 Å². The van der Waals surface area contributed by atoms with Crippen LogP contribution in [0, 0.1) is 17.5 Å². The van der Waals surface area contributed by atoms with Gasteiger partial charge in [0.25, 0.3) is 5.91 Å². The molecule has 3 aromatic carbocycles. The molecule has 0 unspecified atom stereocenters. The highest BCUT2D eigenvalue weighted by Crippen LogP contribution is 2.36. The van der Waals surface area contributed by atoms with Gasteiger partial charge in [-0.1, -0.05) is 24.3 Å². The van der Waals surface area contributed by atoms with Gasteiger partial charge in [0.2, 0.25) is 0 Å². The Morgan fingerprint density at radius 2 is 1.73 bits per heavy atom. The van der Waals surface area contributed by atoms with Crippen LogP contribution < -0.4 is 5.73 Å². The number of fused-ring (bicyclic) bond motifs is 1. The van der Waals surface area contributed by atoms with Crippen LogP contribution in [0.4, 0.5) is 13.2 Å². The first-order valence-corrected chi connectivity index (χ1v) is 12.7. The second-order valence-electron chi connectivity index (χ2n) is 9.87. The molecule has 1 aliphatic rings. The summed E-state index contributed by atoms with van der Waals surface area (Å²) < 4.78 is 42.3. The first-order valence-electron chi connectivity index (χ1n) is 12.7. The van der Waals surface area contributed by atoms with E-state index in [1.807, 2.05) is 12.1 Å². The Balaban J connectivity index is 1.50. The van der Waals surface area contributed by atoms with Crippen molar-refractivity contribution in [3.05, 3.63) is 124 Å². The van der Waals surface area contributed by atoms with Crippen LogP contribution in [0.2, 0.25) is 0 Å². The van der Waals surface area contributed by atoms with Crippen molar-refractivity contribution in [1.29, 1.82) is 0 Å². The van der Waals surface area contributed by atoms with Crippen molar-refractivity contribution in [1.82, 2.24) is 4.98 Å². The molecular formula is C32H25F3N2O3. The number of Topliss-reactive ketones (excluding diaryl/α,β-unsaturated/α-hetero) is 1. The molecule has 0 saturated carbocycles. The summed E-state index contributed by atoms with van der Waals surface area (Å²) in [6, 6.07) is 15.6. The number of pyridine rings is 1. The van der Waals surface area contributed by atoms with Crippen LogP contribution in [0.5, 0.6) is 5.75 Å². The van der Waals surface area contributed by atoms with Gasteiger partial charge in [-0.15, -0.1) is 0 Å². The molecule has 0 aliphatic heterocycles.